The fourth-order valence-electron chi connectivity index (χ4n) is 2.07. The van der Waals surface area contributed by atoms with Crippen LogP contribution in [0.1, 0.15) is 5.56 Å². The van der Waals surface area contributed by atoms with Crippen LogP contribution < -0.4 is 0 Å². The minimum Gasteiger partial charge on any atom is -0.268 e. The molecule has 0 atom stereocenters. The van der Waals surface area contributed by atoms with E-state index in [4.69, 9.17) is 0 Å². The van der Waals surface area contributed by atoms with Gasteiger partial charge in [0.05, 0.1) is 6.54 Å². The quantitative estimate of drug-likeness (QED) is 0.702. The molecule has 0 bridgehead atoms. The predicted octanol–water partition coefficient (Wildman–Crippen LogP) is 4.36. The molecule has 0 aliphatic carbocycles. The number of rotatable bonds is 3. The molecule has 3 aromatic rings. The number of hydrogen-bond acceptors (Lipinski definition) is 1. The van der Waals surface area contributed by atoms with Gasteiger partial charge in [-0.05, 0) is 28.8 Å². The summed E-state index contributed by atoms with van der Waals surface area (Å²) in [6.07, 6.45) is 3.77. The van der Waals surface area contributed by atoms with Crippen molar-refractivity contribution in [2.24, 2.45) is 0 Å². The highest BCUT2D eigenvalue weighted by Crippen LogP contribution is 2.27. The van der Waals surface area contributed by atoms with Gasteiger partial charge in [-0.3, -0.25) is 4.68 Å². The van der Waals surface area contributed by atoms with Crippen LogP contribution in [0, 0.1) is 0 Å². The normalized spacial score (nSPS) is 10.6. The molecule has 3 rings (SSSR count). The van der Waals surface area contributed by atoms with E-state index in [0.29, 0.717) is 0 Å². The minimum atomic E-state index is 0.809. The molecule has 0 N–H and O–H groups in total. The molecule has 3 heteroatoms. The molecule has 1 heterocycles. The average Bonchev–Trinajstić information content (AvgIpc) is 2.93. The van der Waals surface area contributed by atoms with E-state index in [1.54, 1.807) is 6.20 Å². The van der Waals surface area contributed by atoms with Gasteiger partial charge in [-0.15, -0.1) is 0 Å². The van der Waals surface area contributed by atoms with E-state index in [1.165, 1.54) is 16.7 Å². The van der Waals surface area contributed by atoms with Crippen molar-refractivity contribution >= 4 is 15.9 Å². The zero-order valence-electron chi connectivity index (χ0n) is 10.3. The van der Waals surface area contributed by atoms with Crippen LogP contribution in [0.15, 0.2) is 71.5 Å². The van der Waals surface area contributed by atoms with Crippen LogP contribution in [0.25, 0.3) is 11.1 Å². The van der Waals surface area contributed by atoms with Crippen molar-refractivity contribution < 1.29 is 0 Å². The smallest absolute Gasteiger partial charge is 0.0659 e. The van der Waals surface area contributed by atoms with Gasteiger partial charge in [0.2, 0.25) is 0 Å². The zero-order valence-corrected chi connectivity index (χ0v) is 11.9. The fourth-order valence-corrected chi connectivity index (χ4v) is 2.58. The molecule has 0 spiro atoms. The summed E-state index contributed by atoms with van der Waals surface area (Å²) in [4.78, 5) is 0. The van der Waals surface area contributed by atoms with Gasteiger partial charge in [-0.25, -0.2) is 0 Å². The fraction of sp³-hybridized carbons (Fsp3) is 0.0625. The second-order valence-electron chi connectivity index (χ2n) is 4.38. The minimum absolute atomic E-state index is 0.809. The largest absolute Gasteiger partial charge is 0.268 e. The highest BCUT2D eigenvalue weighted by atomic mass is 79.9. The van der Waals surface area contributed by atoms with Crippen LogP contribution in [-0.2, 0) is 6.54 Å². The Labute approximate surface area is 120 Å². The standard InChI is InChI=1S/C16H13BrN2/c17-16-5-2-1-4-15(16)14-8-6-13(7-9-14)12-19-11-3-10-18-19/h1-11H,12H2. The summed E-state index contributed by atoms with van der Waals surface area (Å²) in [6, 6.07) is 18.8. The number of halogens is 1. The second-order valence-corrected chi connectivity index (χ2v) is 5.23. The number of aromatic nitrogens is 2. The first kappa shape index (κ1) is 12.2. The molecule has 0 saturated heterocycles. The molecule has 2 aromatic carbocycles. The van der Waals surface area contributed by atoms with E-state index in [1.807, 2.05) is 23.0 Å². The Kier molecular flexibility index (Phi) is 3.47. The number of nitrogens with zero attached hydrogens (tertiary/aromatic N) is 2. The molecular formula is C16H13BrN2. The number of hydrogen-bond donors (Lipinski definition) is 0. The van der Waals surface area contributed by atoms with E-state index in [9.17, 15) is 0 Å². The van der Waals surface area contributed by atoms with Crippen molar-refractivity contribution in [2.75, 3.05) is 0 Å². The van der Waals surface area contributed by atoms with Crippen LogP contribution in [0.4, 0.5) is 0 Å². The molecule has 0 saturated carbocycles. The Morgan fingerprint density at radius 1 is 0.947 bits per heavy atom. The SMILES string of the molecule is Brc1ccccc1-c1ccc(Cn2cccn2)cc1. The summed E-state index contributed by atoms with van der Waals surface area (Å²) >= 11 is 3.59. The van der Waals surface area contributed by atoms with Crippen molar-refractivity contribution in [3.8, 4) is 11.1 Å². The van der Waals surface area contributed by atoms with Crippen LogP contribution in [0.3, 0.4) is 0 Å². The molecule has 0 radical (unpaired) electrons. The average molecular weight is 313 g/mol. The molecule has 0 amide bonds. The summed E-state index contributed by atoms with van der Waals surface area (Å²) in [7, 11) is 0. The predicted molar refractivity (Wildman–Crippen MR) is 80.9 cm³/mol. The van der Waals surface area contributed by atoms with E-state index < -0.39 is 0 Å². The van der Waals surface area contributed by atoms with E-state index in [-0.39, 0.29) is 0 Å². The van der Waals surface area contributed by atoms with Gasteiger partial charge in [0.15, 0.2) is 0 Å². The Morgan fingerprint density at radius 2 is 1.74 bits per heavy atom. The van der Waals surface area contributed by atoms with Gasteiger partial charge < -0.3 is 0 Å². The maximum Gasteiger partial charge on any atom is 0.0659 e. The first-order valence-corrected chi connectivity index (χ1v) is 6.93. The lowest BCUT2D eigenvalue weighted by molar-refractivity contribution is 0.687. The van der Waals surface area contributed by atoms with Crippen molar-refractivity contribution in [1.29, 1.82) is 0 Å². The maximum atomic E-state index is 4.22. The summed E-state index contributed by atoms with van der Waals surface area (Å²) in [6.45, 7) is 0.809. The molecule has 2 nitrogen and oxygen atoms in total. The Bertz CT molecular complexity index is 657. The topological polar surface area (TPSA) is 17.8 Å². The summed E-state index contributed by atoms with van der Waals surface area (Å²) in [5.41, 5.74) is 3.68. The lowest BCUT2D eigenvalue weighted by atomic mass is 10.0. The summed E-state index contributed by atoms with van der Waals surface area (Å²) in [5.74, 6) is 0. The Morgan fingerprint density at radius 3 is 2.42 bits per heavy atom. The molecule has 1 aromatic heterocycles. The van der Waals surface area contributed by atoms with E-state index in [0.717, 1.165) is 11.0 Å². The van der Waals surface area contributed by atoms with Gasteiger partial charge in [-0.1, -0.05) is 58.4 Å². The van der Waals surface area contributed by atoms with Crippen molar-refractivity contribution in [3.63, 3.8) is 0 Å². The third kappa shape index (κ3) is 2.76. The number of benzene rings is 2. The summed E-state index contributed by atoms with van der Waals surface area (Å²) in [5, 5.41) is 4.22. The van der Waals surface area contributed by atoms with E-state index >= 15 is 0 Å². The molecule has 0 unspecified atom stereocenters. The third-order valence-electron chi connectivity index (χ3n) is 3.04. The zero-order chi connectivity index (χ0) is 13.1. The van der Waals surface area contributed by atoms with Gasteiger partial charge in [-0.2, -0.15) is 5.10 Å². The van der Waals surface area contributed by atoms with Crippen molar-refractivity contribution in [2.45, 2.75) is 6.54 Å². The molecule has 0 fully saturated rings. The molecule has 19 heavy (non-hydrogen) atoms. The van der Waals surface area contributed by atoms with Crippen LogP contribution in [0.2, 0.25) is 0 Å². The highest BCUT2D eigenvalue weighted by molar-refractivity contribution is 9.10. The lowest BCUT2D eigenvalue weighted by Crippen LogP contribution is -1.99. The van der Waals surface area contributed by atoms with Gasteiger partial charge >= 0.3 is 0 Å². The second kappa shape index (κ2) is 5.41. The van der Waals surface area contributed by atoms with E-state index in [2.05, 4.69) is 63.5 Å². The van der Waals surface area contributed by atoms with Crippen molar-refractivity contribution in [3.05, 3.63) is 77.0 Å². The Hall–Kier alpha value is -1.87. The highest BCUT2D eigenvalue weighted by Gasteiger charge is 2.02. The molecule has 94 valence electrons. The molecule has 0 aliphatic heterocycles. The Balaban J connectivity index is 1.85. The first-order chi connectivity index (χ1) is 9.33. The third-order valence-corrected chi connectivity index (χ3v) is 3.73. The first-order valence-electron chi connectivity index (χ1n) is 6.14. The molecule has 0 aliphatic rings. The lowest BCUT2D eigenvalue weighted by Gasteiger charge is -2.06. The van der Waals surface area contributed by atoms with Gasteiger partial charge in [0.1, 0.15) is 0 Å². The maximum absolute atomic E-state index is 4.22. The van der Waals surface area contributed by atoms with Gasteiger partial charge in [0.25, 0.3) is 0 Å². The van der Waals surface area contributed by atoms with Crippen molar-refractivity contribution in [1.82, 2.24) is 9.78 Å². The molecular weight excluding hydrogens is 300 g/mol. The monoisotopic (exact) mass is 312 g/mol. The van der Waals surface area contributed by atoms with Crippen LogP contribution >= 0.6 is 15.9 Å². The van der Waals surface area contributed by atoms with Gasteiger partial charge in [0, 0.05) is 16.9 Å². The van der Waals surface area contributed by atoms with Crippen LogP contribution in [-0.4, -0.2) is 9.78 Å². The summed E-state index contributed by atoms with van der Waals surface area (Å²) < 4.78 is 3.04. The van der Waals surface area contributed by atoms with Crippen LogP contribution in [0.5, 0.6) is 0 Å².